The van der Waals surface area contributed by atoms with Crippen LogP contribution in [0.25, 0.3) is 0 Å². The lowest BCUT2D eigenvalue weighted by Gasteiger charge is -2.10. The summed E-state index contributed by atoms with van der Waals surface area (Å²) in [4.78, 5) is 22.3. The van der Waals surface area contributed by atoms with E-state index in [-0.39, 0.29) is 11.9 Å². The van der Waals surface area contributed by atoms with Crippen LogP contribution in [0.3, 0.4) is 0 Å². The molecule has 0 spiro atoms. The number of nitrogens with two attached hydrogens (primary N) is 1. The van der Waals surface area contributed by atoms with E-state index in [0.29, 0.717) is 6.42 Å². The van der Waals surface area contributed by atoms with Gasteiger partial charge in [0.15, 0.2) is 0 Å². The largest absolute Gasteiger partial charge is 0.366 e. The van der Waals surface area contributed by atoms with E-state index in [1.807, 2.05) is 19.1 Å². The molecule has 0 aromatic heterocycles. The fraction of sp³-hybridized carbons (Fsp3) is 0.571. The van der Waals surface area contributed by atoms with Gasteiger partial charge in [0.2, 0.25) is 11.8 Å². The predicted molar refractivity (Wildman–Crippen MR) is 73.8 cm³/mol. The number of rotatable bonds is 9. The van der Waals surface area contributed by atoms with Crippen molar-refractivity contribution in [3.8, 4) is 0 Å². The normalized spacial score (nSPS) is 13.0. The third-order valence-electron chi connectivity index (χ3n) is 2.38. The Labute approximate surface area is 109 Å². The Morgan fingerprint density at radius 3 is 2.50 bits per heavy atom. The molecule has 1 atom stereocenters. The Balaban J connectivity index is 4.26. The first-order chi connectivity index (χ1) is 8.60. The van der Waals surface area contributed by atoms with Crippen LogP contribution < -0.4 is 11.1 Å². The molecule has 2 amide bonds. The Hall–Kier alpha value is -1.58. The van der Waals surface area contributed by atoms with Gasteiger partial charge in [-0.15, -0.1) is 0 Å². The minimum Gasteiger partial charge on any atom is -0.366 e. The molecule has 0 aliphatic carbocycles. The van der Waals surface area contributed by atoms with Crippen molar-refractivity contribution in [1.29, 1.82) is 0 Å². The molecule has 0 aromatic rings. The molecule has 18 heavy (non-hydrogen) atoms. The molecule has 0 aliphatic rings. The summed E-state index contributed by atoms with van der Waals surface area (Å²) in [6.07, 6.45) is 11.1. The van der Waals surface area contributed by atoms with Crippen LogP contribution in [0, 0.1) is 0 Å². The minimum atomic E-state index is -0.509. The van der Waals surface area contributed by atoms with Crippen LogP contribution in [-0.4, -0.2) is 17.9 Å². The lowest BCUT2D eigenvalue weighted by atomic mass is 10.1. The zero-order valence-corrected chi connectivity index (χ0v) is 11.3. The van der Waals surface area contributed by atoms with Crippen LogP contribution in [0.5, 0.6) is 0 Å². The maximum absolute atomic E-state index is 11.6. The average Bonchev–Trinajstić information content (AvgIpc) is 2.32. The van der Waals surface area contributed by atoms with Gasteiger partial charge in [0.05, 0.1) is 6.04 Å². The maximum atomic E-state index is 11.6. The van der Waals surface area contributed by atoms with Crippen molar-refractivity contribution >= 4 is 11.8 Å². The van der Waals surface area contributed by atoms with Gasteiger partial charge in [-0.25, -0.2) is 0 Å². The summed E-state index contributed by atoms with van der Waals surface area (Å²) in [6.45, 7) is 4.11. The summed E-state index contributed by atoms with van der Waals surface area (Å²) in [5.74, 6) is -0.506. The molecular formula is C14H24N2O2. The van der Waals surface area contributed by atoms with E-state index in [1.165, 1.54) is 6.08 Å². The van der Waals surface area contributed by atoms with E-state index in [4.69, 9.17) is 5.73 Å². The molecule has 0 aromatic carbocycles. The van der Waals surface area contributed by atoms with Crippen molar-refractivity contribution in [3.63, 3.8) is 0 Å². The highest BCUT2D eigenvalue weighted by atomic mass is 16.2. The third-order valence-corrected chi connectivity index (χ3v) is 2.38. The number of carbonyl (C=O) groups excluding carboxylic acids is 2. The number of hydrogen-bond donors (Lipinski definition) is 2. The Bertz CT molecular complexity index is 309. The molecule has 102 valence electrons. The third kappa shape index (κ3) is 9.63. The number of amides is 2. The molecule has 0 saturated carbocycles. The van der Waals surface area contributed by atoms with Crippen molar-refractivity contribution in [2.45, 2.75) is 52.0 Å². The maximum Gasteiger partial charge on any atom is 0.241 e. The van der Waals surface area contributed by atoms with Crippen molar-refractivity contribution < 1.29 is 9.59 Å². The molecule has 1 unspecified atom stereocenters. The van der Waals surface area contributed by atoms with Gasteiger partial charge in [0, 0.05) is 12.5 Å². The van der Waals surface area contributed by atoms with Gasteiger partial charge in [-0.1, -0.05) is 44.9 Å². The Kier molecular flexibility index (Phi) is 9.64. The zero-order valence-electron chi connectivity index (χ0n) is 11.3. The monoisotopic (exact) mass is 252 g/mol. The molecule has 0 saturated heterocycles. The topological polar surface area (TPSA) is 72.2 Å². The molecule has 0 radical (unpaired) electrons. The van der Waals surface area contributed by atoms with Crippen molar-refractivity contribution in [2.24, 2.45) is 5.73 Å². The van der Waals surface area contributed by atoms with E-state index < -0.39 is 5.91 Å². The highest BCUT2D eigenvalue weighted by molar-refractivity contribution is 5.86. The summed E-state index contributed by atoms with van der Waals surface area (Å²) < 4.78 is 0. The van der Waals surface area contributed by atoms with Gasteiger partial charge in [-0.2, -0.15) is 0 Å². The first-order valence-electron chi connectivity index (χ1n) is 6.53. The summed E-state index contributed by atoms with van der Waals surface area (Å²) >= 11 is 0. The van der Waals surface area contributed by atoms with Crippen LogP contribution >= 0.6 is 0 Å². The van der Waals surface area contributed by atoms with Crippen LogP contribution in [-0.2, 0) is 9.59 Å². The summed E-state index contributed by atoms with van der Waals surface area (Å²) in [5, 5.41) is 2.85. The highest BCUT2D eigenvalue weighted by Gasteiger charge is 2.06. The molecule has 0 heterocycles. The first-order valence-corrected chi connectivity index (χ1v) is 6.53. The van der Waals surface area contributed by atoms with E-state index in [9.17, 15) is 9.59 Å². The fourth-order valence-electron chi connectivity index (χ4n) is 1.44. The van der Waals surface area contributed by atoms with Crippen molar-refractivity contribution in [1.82, 2.24) is 5.32 Å². The molecule has 3 N–H and O–H groups in total. The Morgan fingerprint density at radius 1 is 1.22 bits per heavy atom. The molecule has 4 nitrogen and oxygen atoms in total. The van der Waals surface area contributed by atoms with Gasteiger partial charge in [0.25, 0.3) is 0 Å². The van der Waals surface area contributed by atoms with Crippen LogP contribution in [0.1, 0.15) is 46.0 Å². The second-order valence-electron chi connectivity index (χ2n) is 4.15. The van der Waals surface area contributed by atoms with Gasteiger partial charge in [-0.3, -0.25) is 9.59 Å². The quantitative estimate of drug-likeness (QED) is 0.374. The molecule has 0 bridgehead atoms. The zero-order chi connectivity index (χ0) is 13.8. The number of nitrogens with one attached hydrogen (secondary N) is 1. The van der Waals surface area contributed by atoms with Gasteiger partial charge in [-0.05, 0) is 12.8 Å². The molecule has 0 aliphatic heterocycles. The minimum absolute atomic E-state index is 0.00308. The lowest BCUT2D eigenvalue weighted by Crippen LogP contribution is -2.32. The van der Waals surface area contributed by atoms with Crippen molar-refractivity contribution in [3.05, 3.63) is 24.3 Å². The SMILES string of the molecule is CC/C=C/C(/C=C/C(N)=O)NC(=O)CCCCC. The number of hydrogen-bond acceptors (Lipinski definition) is 2. The van der Waals surface area contributed by atoms with Gasteiger partial charge >= 0.3 is 0 Å². The second kappa shape index (κ2) is 10.6. The fourth-order valence-corrected chi connectivity index (χ4v) is 1.44. The highest BCUT2D eigenvalue weighted by Crippen LogP contribution is 2.00. The molecular weight excluding hydrogens is 228 g/mol. The number of unbranched alkanes of at least 4 members (excludes halogenated alkanes) is 2. The van der Waals surface area contributed by atoms with Crippen LogP contribution in [0.2, 0.25) is 0 Å². The van der Waals surface area contributed by atoms with Crippen LogP contribution in [0.4, 0.5) is 0 Å². The van der Waals surface area contributed by atoms with E-state index >= 15 is 0 Å². The standard InChI is InChI=1S/C14H24N2O2/c1-3-5-7-9-14(18)16-12(8-6-4-2)10-11-13(15)17/h6,8,10-12H,3-5,7,9H2,1-2H3,(H2,15,17)(H,16,18)/b8-6+,11-10+. The van der Waals surface area contributed by atoms with E-state index in [1.54, 1.807) is 6.08 Å². The number of carbonyl (C=O) groups is 2. The second-order valence-corrected chi connectivity index (χ2v) is 4.15. The summed E-state index contributed by atoms with van der Waals surface area (Å²) in [6, 6.07) is -0.258. The van der Waals surface area contributed by atoms with Crippen molar-refractivity contribution in [2.75, 3.05) is 0 Å². The summed E-state index contributed by atoms with van der Waals surface area (Å²) in [7, 11) is 0. The predicted octanol–water partition coefficient (Wildman–Crippen LogP) is 2.06. The lowest BCUT2D eigenvalue weighted by molar-refractivity contribution is -0.121. The molecule has 0 fully saturated rings. The van der Waals surface area contributed by atoms with E-state index in [2.05, 4.69) is 12.2 Å². The average molecular weight is 252 g/mol. The smallest absolute Gasteiger partial charge is 0.241 e. The Morgan fingerprint density at radius 2 is 1.94 bits per heavy atom. The van der Waals surface area contributed by atoms with Gasteiger partial charge in [0.1, 0.15) is 0 Å². The first kappa shape index (κ1) is 16.4. The number of allylic oxidation sites excluding steroid dienone is 1. The molecule has 4 heteroatoms. The van der Waals surface area contributed by atoms with Crippen LogP contribution in [0.15, 0.2) is 24.3 Å². The summed E-state index contributed by atoms with van der Waals surface area (Å²) in [5.41, 5.74) is 5.04. The number of primary amides is 1. The van der Waals surface area contributed by atoms with E-state index in [0.717, 1.165) is 25.7 Å². The molecule has 0 rings (SSSR count). The van der Waals surface area contributed by atoms with Gasteiger partial charge < -0.3 is 11.1 Å².